The SMILES string of the molecule is CC(C)(C)c1cc2c3c(cccc3c1)C(=O)OC2=O. The summed E-state index contributed by atoms with van der Waals surface area (Å²) in [7, 11) is 0. The first kappa shape index (κ1) is 11.9. The lowest BCUT2D eigenvalue weighted by Crippen LogP contribution is -2.21. The molecule has 0 amide bonds. The summed E-state index contributed by atoms with van der Waals surface area (Å²) in [6, 6.07) is 9.29. The molecule has 0 saturated carbocycles. The van der Waals surface area contributed by atoms with Crippen LogP contribution in [0.25, 0.3) is 10.8 Å². The number of cyclic esters (lactones) is 2. The summed E-state index contributed by atoms with van der Waals surface area (Å²) in [5.41, 5.74) is 1.94. The molecule has 2 aromatic carbocycles. The van der Waals surface area contributed by atoms with Crippen LogP contribution < -0.4 is 0 Å². The molecule has 3 nitrogen and oxygen atoms in total. The van der Waals surface area contributed by atoms with Gasteiger partial charge in [0.05, 0.1) is 11.1 Å². The van der Waals surface area contributed by atoms with Crippen molar-refractivity contribution < 1.29 is 14.3 Å². The summed E-state index contributed by atoms with van der Waals surface area (Å²) in [4.78, 5) is 23.6. The van der Waals surface area contributed by atoms with Gasteiger partial charge in [0, 0.05) is 5.39 Å². The maximum Gasteiger partial charge on any atom is 0.346 e. The second kappa shape index (κ2) is 3.67. The first-order valence-corrected chi connectivity index (χ1v) is 6.22. The van der Waals surface area contributed by atoms with Crippen LogP contribution in [0.4, 0.5) is 0 Å². The van der Waals surface area contributed by atoms with Crippen molar-refractivity contribution in [3.63, 3.8) is 0 Å². The van der Waals surface area contributed by atoms with Gasteiger partial charge in [-0.1, -0.05) is 39.0 Å². The fourth-order valence-electron chi connectivity index (χ4n) is 2.39. The third-order valence-corrected chi connectivity index (χ3v) is 3.47. The van der Waals surface area contributed by atoms with E-state index in [-0.39, 0.29) is 5.41 Å². The van der Waals surface area contributed by atoms with Gasteiger partial charge in [-0.05, 0) is 28.5 Å². The molecule has 0 N–H and O–H groups in total. The zero-order valence-corrected chi connectivity index (χ0v) is 11.1. The molecular weight excluding hydrogens is 240 g/mol. The fraction of sp³-hybridized carbons (Fsp3) is 0.250. The van der Waals surface area contributed by atoms with Crippen LogP contribution in [0.5, 0.6) is 0 Å². The molecular formula is C16H14O3. The molecule has 0 unspecified atom stereocenters. The zero-order chi connectivity index (χ0) is 13.8. The van der Waals surface area contributed by atoms with Gasteiger partial charge >= 0.3 is 11.9 Å². The Hall–Kier alpha value is -2.16. The van der Waals surface area contributed by atoms with E-state index in [1.165, 1.54) is 0 Å². The molecule has 96 valence electrons. The summed E-state index contributed by atoms with van der Waals surface area (Å²) >= 11 is 0. The lowest BCUT2D eigenvalue weighted by atomic mass is 9.83. The van der Waals surface area contributed by atoms with E-state index in [0.29, 0.717) is 16.5 Å². The highest BCUT2D eigenvalue weighted by Gasteiger charge is 2.29. The number of benzene rings is 2. The Morgan fingerprint density at radius 2 is 1.63 bits per heavy atom. The molecule has 1 aliphatic rings. The molecule has 0 aliphatic carbocycles. The van der Waals surface area contributed by atoms with Crippen LogP contribution in [0.3, 0.4) is 0 Å². The highest BCUT2D eigenvalue weighted by atomic mass is 16.6. The van der Waals surface area contributed by atoms with Gasteiger partial charge in [0.1, 0.15) is 0 Å². The first-order chi connectivity index (χ1) is 8.88. The van der Waals surface area contributed by atoms with E-state index in [0.717, 1.165) is 10.9 Å². The van der Waals surface area contributed by atoms with Gasteiger partial charge in [-0.2, -0.15) is 0 Å². The predicted octanol–water partition coefficient (Wildman–Crippen LogP) is 3.45. The van der Waals surface area contributed by atoms with E-state index in [9.17, 15) is 9.59 Å². The number of carbonyl (C=O) groups is 2. The molecule has 0 fully saturated rings. The minimum absolute atomic E-state index is 0.0670. The molecule has 2 aromatic rings. The molecule has 0 bridgehead atoms. The number of ether oxygens (including phenoxy) is 1. The molecule has 1 heterocycles. The molecule has 19 heavy (non-hydrogen) atoms. The normalized spacial score (nSPS) is 14.7. The third kappa shape index (κ3) is 1.73. The maximum atomic E-state index is 11.9. The van der Waals surface area contributed by atoms with E-state index in [1.54, 1.807) is 6.07 Å². The van der Waals surface area contributed by atoms with Crippen LogP contribution in [0.2, 0.25) is 0 Å². The van der Waals surface area contributed by atoms with Crippen LogP contribution in [0.15, 0.2) is 30.3 Å². The molecule has 0 radical (unpaired) electrons. The third-order valence-electron chi connectivity index (χ3n) is 3.47. The minimum atomic E-state index is -0.563. The molecule has 3 rings (SSSR count). The summed E-state index contributed by atoms with van der Waals surface area (Å²) in [5.74, 6) is -1.12. The van der Waals surface area contributed by atoms with Crippen molar-refractivity contribution in [3.05, 3.63) is 47.0 Å². The quantitative estimate of drug-likeness (QED) is 0.534. The average molecular weight is 254 g/mol. The molecule has 0 spiro atoms. The van der Waals surface area contributed by atoms with Gasteiger partial charge < -0.3 is 4.74 Å². The number of hydrogen-bond donors (Lipinski definition) is 0. The summed E-state index contributed by atoms with van der Waals surface area (Å²) in [5, 5.41) is 1.61. The topological polar surface area (TPSA) is 43.4 Å². The van der Waals surface area contributed by atoms with Gasteiger partial charge in [0.25, 0.3) is 0 Å². The highest BCUT2D eigenvalue weighted by molar-refractivity contribution is 6.20. The van der Waals surface area contributed by atoms with Crippen molar-refractivity contribution in [2.45, 2.75) is 26.2 Å². The number of esters is 2. The van der Waals surface area contributed by atoms with Gasteiger partial charge in [-0.25, -0.2) is 9.59 Å². The number of rotatable bonds is 0. The minimum Gasteiger partial charge on any atom is -0.386 e. The van der Waals surface area contributed by atoms with E-state index in [1.807, 2.05) is 24.3 Å². The van der Waals surface area contributed by atoms with Crippen molar-refractivity contribution in [1.29, 1.82) is 0 Å². The van der Waals surface area contributed by atoms with Crippen LogP contribution in [-0.2, 0) is 10.2 Å². The molecule has 3 heteroatoms. The largest absolute Gasteiger partial charge is 0.386 e. The number of carbonyl (C=O) groups excluding carboxylic acids is 2. The van der Waals surface area contributed by atoms with Gasteiger partial charge in [-0.15, -0.1) is 0 Å². The summed E-state index contributed by atoms with van der Waals surface area (Å²) < 4.78 is 4.79. The highest BCUT2D eigenvalue weighted by Crippen LogP contribution is 2.33. The Bertz CT molecular complexity index is 721. The van der Waals surface area contributed by atoms with Crippen LogP contribution >= 0.6 is 0 Å². The second-order valence-electron chi connectivity index (χ2n) is 5.85. The lowest BCUT2D eigenvalue weighted by Gasteiger charge is -2.23. The van der Waals surface area contributed by atoms with Crippen molar-refractivity contribution in [2.24, 2.45) is 0 Å². The Balaban J connectivity index is 2.44. The average Bonchev–Trinajstić information content (AvgIpc) is 2.34. The molecule has 0 atom stereocenters. The van der Waals surface area contributed by atoms with Gasteiger partial charge in [-0.3, -0.25) is 0 Å². The first-order valence-electron chi connectivity index (χ1n) is 6.22. The van der Waals surface area contributed by atoms with E-state index in [4.69, 9.17) is 4.74 Å². The Morgan fingerprint density at radius 3 is 2.32 bits per heavy atom. The summed E-state index contributed by atoms with van der Waals surface area (Å²) in [6.45, 7) is 6.26. The Morgan fingerprint density at radius 1 is 0.947 bits per heavy atom. The van der Waals surface area contributed by atoms with Gasteiger partial charge in [0.15, 0.2) is 0 Å². The Labute approximate surface area is 111 Å². The van der Waals surface area contributed by atoms with Gasteiger partial charge in [0.2, 0.25) is 0 Å². The lowest BCUT2D eigenvalue weighted by molar-refractivity contribution is 0.0391. The zero-order valence-electron chi connectivity index (χ0n) is 11.1. The Kier molecular flexibility index (Phi) is 2.30. The smallest absolute Gasteiger partial charge is 0.346 e. The fourth-order valence-corrected chi connectivity index (χ4v) is 2.39. The maximum absolute atomic E-state index is 11.9. The molecule has 1 aliphatic heterocycles. The van der Waals surface area contributed by atoms with Crippen LogP contribution in [0, 0.1) is 0 Å². The number of hydrogen-bond acceptors (Lipinski definition) is 3. The second-order valence-corrected chi connectivity index (χ2v) is 5.85. The monoisotopic (exact) mass is 254 g/mol. The van der Waals surface area contributed by atoms with Crippen molar-refractivity contribution >= 4 is 22.7 Å². The van der Waals surface area contributed by atoms with Crippen LogP contribution in [0.1, 0.15) is 47.1 Å². The predicted molar refractivity (Wildman–Crippen MR) is 72.4 cm³/mol. The summed E-state index contributed by atoms with van der Waals surface area (Å²) in [6.07, 6.45) is 0. The van der Waals surface area contributed by atoms with Crippen LogP contribution in [-0.4, -0.2) is 11.9 Å². The van der Waals surface area contributed by atoms with E-state index in [2.05, 4.69) is 20.8 Å². The molecule has 0 aromatic heterocycles. The van der Waals surface area contributed by atoms with E-state index < -0.39 is 11.9 Å². The van der Waals surface area contributed by atoms with E-state index >= 15 is 0 Å². The van der Waals surface area contributed by atoms with Crippen molar-refractivity contribution in [1.82, 2.24) is 0 Å². The standard InChI is InChI=1S/C16H14O3/c1-16(2,3)10-7-9-5-4-6-11-13(9)12(8-10)15(18)19-14(11)17/h4-8H,1-3H3. The molecule has 0 saturated heterocycles. The van der Waals surface area contributed by atoms with Crippen molar-refractivity contribution in [2.75, 3.05) is 0 Å². The van der Waals surface area contributed by atoms with Crippen molar-refractivity contribution in [3.8, 4) is 0 Å².